The van der Waals surface area contributed by atoms with Gasteiger partial charge in [0.05, 0.1) is 17.5 Å². The third-order valence-electron chi connectivity index (χ3n) is 7.17. The molecule has 0 radical (unpaired) electrons. The molecule has 0 spiro atoms. The number of carbonyl (C=O) groups is 2. The maximum atomic E-state index is 12.4. The van der Waals surface area contributed by atoms with Crippen LogP contribution in [0, 0.1) is 0 Å². The second kappa shape index (κ2) is 8.32. The number of para-hydroxylation sites is 2. The topological polar surface area (TPSA) is 51.1 Å². The third kappa shape index (κ3) is 3.54. The van der Waals surface area contributed by atoms with Gasteiger partial charge in [0.25, 0.3) is 5.91 Å². The number of nitrogens with zero attached hydrogens (tertiary/aromatic N) is 1. The number of fused-ring (bicyclic) bond motifs is 4. The van der Waals surface area contributed by atoms with Gasteiger partial charge in [-0.15, -0.1) is 0 Å². The second-order valence-corrected chi connectivity index (χ2v) is 9.43. The molecule has 0 saturated carbocycles. The van der Waals surface area contributed by atoms with Crippen LogP contribution < -0.4 is 5.32 Å². The zero-order valence-electron chi connectivity index (χ0n) is 19.9. The molecule has 0 atom stereocenters. The fourth-order valence-electron chi connectivity index (χ4n) is 5.42. The van der Waals surface area contributed by atoms with Crippen molar-refractivity contribution in [3.8, 4) is 27.9 Å². The molecule has 5 aromatic carbocycles. The minimum absolute atomic E-state index is 0.234. The fraction of sp³-hybridized carbons (Fsp3) is 0.0303. The molecule has 2 heterocycles. The Balaban J connectivity index is 1.35. The Labute approximate surface area is 213 Å². The second-order valence-electron chi connectivity index (χ2n) is 9.43. The summed E-state index contributed by atoms with van der Waals surface area (Å²) in [6.45, 7) is 0. The lowest BCUT2D eigenvalue weighted by Crippen LogP contribution is -2.37. The zero-order valence-corrected chi connectivity index (χ0v) is 19.9. The van der Waals surface area contributed by atoms with Crippen LogP contribution in [-0.4, -0.2) is 16.4 Å². The predicted octanol–water partition coefficient (Wildman–Crippen LogP) is 6.93. The van der Waals surface area contributed by atoms with E-state index in [-0.39, 0.29) is 18.2 Å². The van der Waals surface area contributed by atoms with Crippen molar-refractivity contribution in [3.63, 3.8) is 0 Å². The molecular formula is C33H22N2O2. The van der Waals surface area contributed by atoms with Crippen LogP contribution in [0.15, 0.2) is 115 Å². The summed E-state index contributed by atoms with van der Waals surface area (Å²) in [5.41, 5.74) is 9.04. The predicted molar refractivity (Wildman–Crippen MR) is 148 cm³/mol. The number of aromatic nitrogens is 1. The molecule has 0 bridgehead atoms. The lowest BCUT2D eigenvalue weighted by atomic mass is 9.93. The minimum atomic E-state index is -0.329. The number of hydrogen-bond donors (Lipinski definition) is 1. The zero-order chi connectivity index (χ0) is 24.9. The molecule has 4 heteroatoms. The van der Waals surface area contributed by atoms with E-state index in [0.717, 1.165) is 33.5 Å². The van der Waals surface area contributed by atoms with Gasteiger partial charge in [-0.2, -0.15) is 0 Å². The largest absolute Gasteiger partial charge is 0.309 e. The third-order valence-corrected chi connectivity index (χ3v) is 7.17. The Morgan fingerprint density at radius 3 is 2.08 bits per heavy atom. The van der Waals surface area contributed by atoms with Crippen molar-refractivity contribution in [1.82, 2.24) is 9.88 Å². The summed E-state index contributed by atoms with van der Waals surface area (Å²) in [7, 11) is 0. The molecule has 1 aromatic heterocycles. The first-order valence-corrected chi connectivity index (χ1v) is 12.3. The first-order valence-electron chi connectivity index (χ1n) is 12.3. The van der Waals surface area contributed by atoms with Gasteiger partial charge in [-0.25, -0.2) is 0 Å². The van der Waals surface area contributed by atoms with Crippen LogP contribution in [0.4, 0.5) is 0 Å². The summed E-state index contributed by atoms with van der Waals surface area (Å²) >= 11 is 0. The van der Waals surface area contributed by atoms with Gasteiger partial charge in [0.2, 0.25) is 5.91 Å². The van der Waals surface area contributed by atoms with Gasteiger partial charge in [0.15, 0.2) is 0 Å². The lowest BCUT2D eigenvalue weighted by molar-refractivity contribution is -0.119. The van der Waals surface area contributed by atoms with Crippen molar-refractivity contribution in [2.75, 3.05) is 0 Å². The molecule has 0 saturated heterocycles. The molecule has 0 unspecified atom stereocenters. The summed E-state index contributed by atoms with van der Waals surface area (Å²) < 4.78 is 2.31. The molecule has 7 rings (SSSR count). The molecule has 0 aliphatic carbocycles. The van der Waals surface area contributed by atoms with Crippen LogP contribution in [0.5, 0.6) is 0 Å². The number of amides is 2. The van der Waals surface area contributed by atoms with E-state index >= 15 is 0 Å². The Kier molecular flexibility index (Phi) is 4.79. The number of imide groups is 1. The van der Waals surface area contributed by atoms with Crippen molar-refractivity contribution in [3.05, 3.63) is 126 Å². The van der Waals surface area contributed by atoms with Crippen LogP contribution >= 0.6 is 0 Å². The summed E-state index contributed by atoms with van der Waals surface area (Å²) in [5.74, 6) is -0.583. The van der Waals surface area contributed by atoms with Gasteiger partial charge in [0.1, 0.15) is 0 Å². The van der Waals surface area contributed by atoms with Gasteiger partial charge in [-0.3, -0.25) is 14.9 Å². The minimum Gasteiger partial charge on any atom is -0.309 e. The summed E-state index contributed by atoms with van der Waals surface area (Å²) in [6, 6.07) is 39.7. The SMILES string of the molecule is O=C1Cc2ccc(-c3cccc(-c4ccc5c(c4)c4ccccc4n5-c4ccccc4)c3)cc2C(=O)N1. The Bertz CT molecular complexity index is 1860. The molecule has 2 amide bonds. The van der Waals surface area contributed by atoms with Crippen LogP contribution in [0.1, 0.15) is 15.9 Å². The molecule has 176 valence electrons. The Hall–Kier alpha value is -4.96. The van der Waals surface area contributed by atoms with E-state index in [1.165, 1.54) is 21.8 Å². The van der Waals surface area contributed by atoms with Gasteiger partial charge < -0.3 is 4.57 Å². The summed E-state index contributed by atoms with van der Waals surface area (Å²) in [5, 5.41) is 4.84. The first kappa shape index (κ1) is 21.3. The average Bonchev–Trinajstić information content (AvgIpc) is 3.27. The number of carbonyl (C=O) groups excluding carboxylic acids is 2. The highest BCUT2D eigenvalue weighted by atomic mass is 16.2. The smallest absolute Gasteiger partial charge is 0.258 e. The molecule has 6 aromatic rings. The van der Waals surface area contributed by atoms with E-state index in [9.17, 15) is 9.59 Å². The maximum Gasteiger partial charge on any atom is 0.258 e. The standard InChI is InChI=1S/C33H22N2O2/c36-32-20-25-14-13-23(18-28(25)33(37)34-32)21-7-6-8-22(17-21)24-15-16-31-29(19-24)27-11-4-5-12-30(27)35(31)26-9-2-1-3-10-26/h1-19H,20H2,(H,34,36,37). The van der Waals surface area contributed by atoms with Crippen LogP contribution in [-0.2, 0) is 11.2 Å². The van der Waals surface area contributed by atoms with E-state index in [0.29, 0.717) is 5.56 Å². The van der Waals surface area contributed by atoms with Gasteiger partial charge in [-0.05, 0) is 70.3 Å². The van der Waals surface area contributed by atoms with Crippen LogP contribution in [0.25, 0.3) is 49.7 Å². The number of hydrogen-bond acceptors (Lipinski definition) is 2. The molecule has 1 aliphatic rings. The Morgan fingerprint density at radius 1 is 0.568 bits per heavy atom. The molecule has 4 nitrogen and oxygen atoms in total. The highest BCUT2D eigenvalue weighted by Gasteiger charge is 2.22. The molecule has 1 aliphatic heterocycles. The van der Waals surface area contributed by atoms with Crippen molar-refractivity contribution in [2.24, 2.45) is 0 Å². The molecular weight excluding hydrogens is 456 g/mol. The van der Waals surface area contributed by atoms with Crippen molar-refractivity contribution in [2.45, 2.75) is 6.42 Å². The summed E-state index contributed by atoms with van der Waals surface area (Å²) in [4.78, 5) is 24.1. The van der Waals surface area contributed by atoms with E-state index in [4.69, 9.17) is 0 Å². The van der Waals surface area contributed by atoms with E-state index < -0.39 is 0 Å². The molecule has 37 heavy (non-hydrogen) atoms. The highest BCUT2D eigenvalue weighted by Crippen LogP contribution is 2.36. The van der Waals surface area contributed by atoms with Gasteiger partial charge in [-0.1, -0.05) is 72.8 Å². The first-order chi connectivity index (χ1) is 18.2. The van der Waals surface area contributed by atoms with Crippen molar-refractivity contribution >= 4 is 33.6 Å². The van der Waals surface area contributed by atoms with Crippen LogP contribution in [0.3, 0.4) is 0 Å². The monoisotopic (exact) mass is 478 g/mol. The van der Waals surface area contributed by atoms with E-state index in [2.05, 4.69) is 94.8 Å². The number of nitrogens with one attached hydrogen (secondary N) is 1. The fourth-order valence-corrected chi connectivity index (χ4v) is 5.42. The maximum absolute atomic E-state index is 12.4. The highest BCUT2D eigenvalue weighted by molar-refractivity contribution is 6.11. The van der Waals surface area contributed by atoms with E-state index in [1.807, 2.05) is 30.3 Å². The lowest BCUT2D eigenvalue weighted by Gasteiger charge is -2.16. The average molecular weight is 479 g/mol. The molecule has 0 fully saturated rings. The van der Waals surface area contributed by atoms with Crippen LogP contribution in [0.2, 0.25) is 0 Å². The molecule has 1 N–H and O–H groups in total. The van der Waals surface area contributed by atoms with Crippen molar-refractivity contribution < 1.29 is 9.59 Å². The van der Waals surface area contributed by atoms with Crippen molar-refractivity contribution in [1.29, 1.82) is 0 Å². The van der Waals surface area contributed by atoms with Gasteiger partial charge >= 0.3 is 0 Å². The Morgan fingerprint density at radius 2 is 1.24 bits per heavy atom. The quantitative estimate of drug-likeness (QED) is 0.280. The van der Waals surface area contributed by atoms with E-state index in [1.54, 1.807) is 0 Å². The summed E-state index contributed by atoms with van der Waals surface area (Å²) in [6.07, 6.45) is 0.234. The van der Waals surface area contributed by atoms with Gasteiger partial charge in [0, 0.05) is 22.0 Å². The number of benzene rings is 5. The number of rotatable bonds is 3. The normalized spacial score (nSPS) is 13.1.